The van der Waals surface area contributed by atoms with Crippen LogP contribution in [0, 0.1) is 5.92 Å². The summed E-state index contributed by atoms with van der Waals surface area (Å²) in [7, 11) is -3.40. The van der Waals surface area contributed by atoms with Crippen molar-refractivity contribution in [2.45, 2.75) is 39.2 Å². The molecule has 6 heteroatoms. The van der Waals surface area contributed by atoms with Crippen molar-refractivity contribution < 1.29 is 8.42 Å². The molecule has 0 radical (unpaired) electrons. The molecule has 0 saturated carbocycles. The Hall–Kier alpha value is -0.980. The largest absolute Gasteiger partial charge is 0.280 e. The predicted molar refractivity (Wildman–Crippen MR) is 79.3 cm³/mol. The van der Waals surface area contributed by atoms with Crippen LogP contribution in [0.15, 0.2) is 24.5 Å². The fourth-order valence-electron chi connectivity index (χ4n) is 2.49. The summed E-state index contributed by atoms with van der Waals surface area (Å²) in [6, 6.07) is 3.55. The molecule has 1 N–H and O–H groups in total. The third kappa shape index (κ3) is 4.01. The monoisotopic (exact) mass is 297 g/mol. The van der Waals surface area contributed by atoms with Gasteiger partial charge in [-0.2, -0.15) is 17.4 Å². The van der Waals surface area contributed by atoms with E-state index in [1.54, 1.807) is 12.4 Å². The van der Waals surface area contributed by atoms with Gasteiger partial charge in [0, 0.05) is 31.5 Å². The third-order valence-corrected chi connectivity index (χ3v) is 5.12. The molecule has 0 aromatic carbocycles. The van der Waals surface area contributed by atoms with E-state index in [9.17, 15) is 8.42 Å². The molecule has 1 fully saturated rings. The number of hydrogen-bond donors (Lipinski definition) is 1. The molecule has 1 atom stereocenters. The van der Waals surface area contributed by atoms with Gasteiger partial charge in [0.05, 0.1) is 0 Å². The van der Waals surface area contributed by atoms with Crippen molar-refractivity contribution in [3.8, 4) is 0 Å². The molecule has 2 heterocycles. The van der Waals surface area contributed by atoms with Gasteiger partial charge in [-0.3, -0.25) is 4.98 Å². The first-order valence-corrected chi connectivity index (χ1v) is 8.60. The summed E-state index contributed by atoms with van der Waals surface area (Å²) in [5.41, 5.74) is 0.920. The second-order valence-electron chi connectivity index (χ2n) is 5.70. The van der Waals surface area contributed by atoms with Gasteiger partial charge in [0.2, 0.25) is 0 Å². The molecule has 1 aromatic rings. The van der Waals surface area contributed by atoms with Crippen molar-refractivity contribution in [3.05, 3.63) is 30.1 Å². The molecular formula is C14H23N3O2S. The molecule has 2 rings (SSSR count). The summed E-state index contributed by atoms with van der Waals surface area (Å²) in [4.78, 5) is 4.09. The summed E-state index contributed by atoms with van der Waals surface area (Å²) in [5.74, 6) is 0.404. The molecule has 20 heavy (non-hydrogen) atoms. The second-order valence-corrected chi connectivity index (χ2v) is 7.40. The van der Waals surface area contributed by atoms with Crippen molar-refractivity contribution in [1.29, 1.82) is 0 Å². The molecule has 0 spiro atoms. The van der Waals surface area contributed by atoms with E-state index in [-0.39, 0.29) is 6.04 Å². The minimum absolute atomic E-state index is 0.214. The molecule has 1 aromatic heterocycles. The summed E-state index contributed by atoms with van der Waals surface area (Å²) < 4.78 is 29.2. The zero-order valence-corrected chi connectivity index (χ0v) is 12.9. The molecule has 5 nitrogen and oxygen atoms in total. The van der Waals surface area contributed by atoms with Crippen LogP contribution in [-0.2, 0) is 10.2 Å². The maximum absolute atomic E-state index is 12.4. The molecule has 1 aliphatic heterocycles. The van der Waals surface area contributed by atoms with Crippen molar-refractivity contribution in [1.82, 2.24) is 14.0 Å². The Morgan fingerprint density at radius 1 is 1.35 bits per heavy atom. The maximum Gasteiger partial charge on any atom is 0.280 e. The van der Waals surface area contributed by atoms with E-state index in [1.807, 2.05) is 12.1 Å². The van der Waals surface area contributed by atoms with Gasteiger partial charge >= 0.3 is 0 Å². The minimum Gasteiger partial charge on any atom is -0.264 e. The van der Waals surface area contributed by atoms with Crippen LogP contribution < -0.4 is 4.72 Å². The van der Waals surface area contributed by atoms with Crippen molar-refractivity contribution in [2.75, 3.05) is 13.1 Å². The number of pyridine rings is 1. The van der Waals surface area contributed by atoms with Crippen LogP contribution in [0.25, 0.3) is 0 Å². The molecule has 1 saturated heterocycles. The van der Waals surface area contributed by atoms with Gasteiger partial charge in [0.15, 0.2) is 0 Å². The van der Waals surface area contributed by atoms with Crippen LogP contribution in [0.2, 0.25) is 0 Å². The Balaban J connectivity index is 2.15. The van der Waals surface area contributed by atoms with Crippen LogP contribution in [0.3, 0.4) is 0 Å². The van der Waals surface area contributed by atoms with Gasteiger partial charge in [-0.05, 0) is 36.8 Å². The minimum atomic E-state index is -3.40. The number of aromatic nitrogens is 1. The third-order valence-electron chi connectivity index (χ3n) is 3.49. The smallest absolute Gasteiger partial charge is 0.264 e. The highest BCUT2D eigenvalue weighted by Gasteiger charge is 2.28. The lowest BCUT2D eigenvalue weighted by Gasteiger charge is -2.24. The molecule has 112 valence electrons. The summed E-state index contributed by atoms with van der Waals surface area (Å²) >= 11 is 0. The standard InChI is InChI=1S/C14H23N3O2S/c1-12(2)10-14(13-6-5-7-15-11-13)16-20(18,19)17-8-3-4-9-17/h5-7,11-12,14,16H,3-4,8-10H2,1-2H3/t14-/m0/s1. The molecule has 0 aliphatic carbocycles. The van der Waals surface area contributed by atoms with Crippen molar-refractivity contribution in [3.63, 3.8) is 0 Å². The average molecular weight is 297 g/mol. The normalized spacial score (nSPS) is 18.6. The van der Waals surface area contributed by atoms with E-state index in [1.165, 1.54) is 4.31 Å². The molecule has 1 aliphatic rings. The van der Waals surface area contributed by atoms with E-state index < -0.39 is 10.2 Å². The lowest BCUT2D eigenvalue weighted by molar-refractivity contribution is 0.428. The fraction of sp³-hybridized carbons (Fsp3) is 0.643. The summed E-state index contributed by atoms with van der Waals surface area (Å²) in [6.45, 7) is 5.43. The lowest BCUT2D eigenvalue weighted by atomic mass is 9.99. The quantitative estimate of drug-likeness (QED) is 0.874. The lowest BCUT2D eigenvalue weighted by Crippen LogP contribution is -2.41. The SMILES string of the molecule is CC(C)C[C@H](NS(=O)(=O)N1CCCC1)c1cccnc1. The Labute approximate surface area is 121 Å². The first-order chi connectivity index (χ1) is 9.49. The molecule has 0 amide bonds. The van der Waals surface area contributed by atoms with Crippen LogP contribution >= 0.6 is 0 Å². The number of nitrogens with zero attached hydrogens (tertiary/aromatic N) is 2. The van der Waals surface area contributed by atoms with Crippen LogP contribution in [0.4, 0.5) is 0 Å². The Bertz CT molecular complexity index is 510. The average Bonchev–Trinajstić information content (AvgIpc) is 2.93. The van der Waals surface area contributed by atoms with Gasteiger partial charge in [-0.1, -0.05) is 19.9 Å². The number of hydrogen-bond acceptors (Lipinski definition) is 3. The van der Waals surface area contributed by atoms with E-state index in [0.29, 0.717) is 19.0 Å². The maximum atomic E-state index is 12.4. The first-order valence-electron chi connectivity index (χ1n) is 7.16. The summed E-state index contributed by atoms with van der Waals surface area (Å²) in [5, 5.41) is 0. The van der Waals surface area contributed by atoms with Crippen LogP contribution in [-0.4, -0.2) is 30.8 Å². The molecule has 0 bridgehead atoms. The Morgan fingerprint density at radius 3 is 2.60 bits per heavy atom. The number of rotatable bonds is 6. The van der Waals surface area contributed by atoms with E-state index >= 15 is 0 Å². The first kappa shape index (κ1) is 15.4. The predicted octanol–water partition coefficient (Wildman–Crippen LogP) is 2.10. The van der Waals surface area contributed by atoms with E-state index in [2.05, 4.69) is 23.6 Å². The van der Waals surface area contributed by atoms with Gasteiger partial charge in [0.1, 0.15) is 0 Å². The second kappa shape index (κ2) is 6.65. The molecule has 0 unspecified atom stereocenters. The Morgan fingerprint density at radius 2 is 2.05 bits per heavy atom. The van der Waals surface area contributed by atoms with Gasteiger partial charge in [-0.15, -0.1) is 0 Å². The highest BCUT2D eigenvalue weighted by molar-refractivity contribution is 7.87. The summed E-state index contributed by atoms with van der Waals surface area (Å²) in [6.07, 6.45) is 6.09. The van der Waals surface area contributed by atoms with Crippen LogP contribution in [0.5, 0.6) is 0 Å². The van der Waals surface area contributed by atoms with Crippen LogP contribution in [0.1, 0.15) is 44.7 Å². The van der Waals surface area contributed by atoms with Gasteiger partial charge in [0.25, 0.3) is 10.2 Å². The number of nitrogens with one attached hydrogen (secondary N) is 1. The molecular weight excluding hydrogens is 274 g/mol. The van der Waals surface area contributed by atoms with Crippen molar-refractivity contribution in [2.24, 2.45) is 5.92 Å². The van der Waals surface area contributed by atoms with E-state index in [4.69, 9.17) is 0 Å². The highest BCUT2D eigenvalue weighted by atomic mass is 32.2. The zero-order chi connectivity index (χ0) is 14.6. The fourth-order valence-corrected chi connectivity index (χ4v) is 3.97. The zero-order valence-electron chi connectivity index (χ0n) is 12.1. The highest BCUT2D eigenvalue weighted by Crippen LogP contribution is 2.23. The van der Waals surface area contributed by atoms with Gasteiger partial charge in [-0.25, -0.2) is 0 Å². The topological polar surface area (TPSA) is 62.3 Å². The van der Waals surface area contributed by atoms with Crippen molar-refractivity contribution >= 4 is 10.2 Å². The van der Waals surface area contributed by atoms with E-state index in [0.717, 1.165) is 24.8 Å². The van der Waals surface area contributed by atoms with Gasteiger partial charge < -0.3 is 0 Å². The Kier molecular flexibility index (Phi) is 5.12.